The Balaban J connectivity index is 1.20. The molecule has 1 N–H and O–H groups in total. The van der Waals surface area contributed by atoms with Gasteiger partial charge in [0.05, 0.1) is 11.2 Å². The van der Waals surface area contributed by atoms with Gasteiger partial charge in [-0.25, -0.2) is 4.98 Å². The Bertz CT molecular complexity index is 2380. The summed E-state index contributed by atoms with van der Waals surface area (Å²) in [5, 5.41) is 6.04. The summed E-state index contributed by atoms with van der Waals surface area (Å²) in [6, 6.07) is 40.5. The van der Waals surface area contributed by atoms with Gasteiger partial charge in [-0.3, -0.25) is 4.57 Å². The predicted molar refractivity (Wildman–Crippen MR) is 214 cm³/mol. The quantitative estimate of drug-likeness (QED) is 0.171. The number of para-hydroxylation sites is 4. The van der Waals surface area contributed by atoms with E-state index >= 15 is 0 Å². The van der Waals surface area contributed by atoms with E-state index in [1.807, 2.05) is 18.3 Å². The van der Waals surface area contributed by atoms with Crippen LogP contribution in [0.5, 0.6) is 11.6 Å². The summed E-state index contributed by atoms with van der Waals surface area (Å²) in [5.74, 6) is 2.83. The molecule has 0 unspecified atom stereocenters. The molecule has 4 heterocycles. The molecule has 3 aromatic heterocycles. The first-order chi connectivity index (χ1) is 24.6. The third kappa shape index (κ3) is 5.81. The number of nitrogens with zero attached hydrogens (tertiary/aromatic N) is 4. The highest BCUT2D eigenvalue weighted by molar-refractivity contribution is 6.82. The normalized spacial score (nSPS) is 13.0. The largest absolute Gasteiger partial charge is 0.439 e. The molecule has 0 amide bonds. The third-order valence-electron chi connectivity index (χ3n) is 10.0. The number of benzene rings is 4. The minimum atomic E-state index is -0.123. The van der Waals surface area contributed by atoms with Crippen molar-refractivity contribution in [3.8, 4) is 17.4 Å². The first kappa shape index (κ1) is 32.6. The molecule has 0 atom stereocenters. The molecule has 254 valence electrons. The minimum Gasteiger partial charge on any atom is -0.439 e. The molecule has 6 nitrogen and oxygen atoms in total. The van der Waals surface area contributed by atoms with Crippen LogP contribution in [0.25, 0.3) is 27.8 Å². The molecule has 0 radical (unpaired) electrons. The summed E-state index contributed by atoms with van der Waals surface area (Å²) in [6.45, 7) is 15.7. The van der Waals surface area contributed by atoms with Crippen molar-refractivity contribution in [3.63, 3.8) is 0 Å². The maximum absolute atomic E-state index is 6.60. The molecule has 1 aliphatic rings. The minimum absolute atomic E-state index is 0.0124. The van der Waals surface area contributed by atoms with Gasteiger partial charge >= 0.3 is 6.98 Å². The average Bonchev–Trinajstić information content (AvgIpc) is 3.67. The summed E-state index contributed by atoms with van der Waals surface area (Å²) < 4.78 is 8.75. The van der Waals surface area contributed by atoms with Crippen molar-refractivity contribution in [2.24, 2.45) is 0 Å². The number of anilines is 3. The smallest absolute Gasteiger partial charge is 0.413 e. The van der Waals surface area contributed by atoms with Gasteiger partial charge in [0.2, 0.25) is 5.88 Å². The third-order valence-corrected chi connectivity index (χ3v) is 10.0. The van der Waals surface area contributed by atoms with Crippen molar-refractivity contribution in [3.05, 3.63) is 138 Å². The fourth-order valence-electron chi connectivity index (χ4n) is 7.42. The van der Waals surface area contributed by atoms with E-state index in [0.29, 0.717) is 17.7 Å². The molecule has 0 fully saturated rings. The van der Waals surface area contributed by atoms with Crippen LogP contribution in [0.15, 0.2) is 121 Å². The van der Waals surface area contributed by atoms with E-state index < -0.39 is 0 Å². The molecular formula is C44H44BN5O. The molecule has 0 aliphatic carbocycles. The molecule has 1 aliphatic heterocycles. The van der Waals surface area contributed by atoms with Crippen molar-refractivity contribution in [2.75, 3.05) is 10.0 Å². The van der Waals surface area contributed by atoms with Crippen LogP contribution in [0.1, 0.15) is 77.0 Å². The molecule has 51 heavy (non-hydrogen) atoms. The first-order valence-electron chi connectivity index (χ1n) is 18.0. The number of rotatable bonds is 7. The zero-order valence-electron chi connectivity index (χ0n) is 30.5. The molecule has 0 saturated heterocycles. The lowest BCUT2D eigenvalue weighted by atomic mass is 9.66. The highest BCUT2D eigenvalue weighted by atomic mass is 16.5. The number of nitrogens with one attached hydrogen (secondary N) is 1. The van der Waals surface area contributed by atoms with Crippen LogP contribution in [0.4, 0.5) is 17.1 Å². The fraction of sp³-hybridized carbons (Fsp3) is 0.227. The van der Waals surface area contributed by atoms with Crippen molar-refractivity contribution in [1.29, 1.82) is 0 Å². The van der Waals surface area contributed by atoms with Gasteiger partial charge in [0, 0.05) is 34.4 Å². The monoisotopic (exact) mass is 669 g/mol. The zero-order valence-corrected chi connectivity index (χ0v) is 30.5. The van der Waals surface area contributed by atoms with E-state index in [2.05, 4.69) is 166 Å². The van der Waals surface area contributed by atoms with Gasteiger partial charge in [-0.05, 0) is 87.9 Å². The van der Waals surface area contributed by atoms with Crippen LogP contribution in [-0.2, 0) is 5.41 Å². The number of fused-ring (bicyclic) bond motifs is 4. The van der Waals surface area contributed by atoms with Crippen LogP contribution >= 0.6 is 0 Å². The highest BCUT2D eigenvalue weighted by Crippen LogP contribution is 2.45. The van der Waals surface area contributed by atoms with Crippen LogP contribution in [0.3, 0.4) is 0 Å². The lowest BCUT2D eigenvalue weighted by Gasteiger charge is -2.31. The second-order valence-corrected chi connectivity index (χ2v) is 15.2. The van der Waals surface area contributed by atoms with E-state index in [4.69, 9.17) is 14.7 Å². The SMILES string of the molecule is CC(C)c1cccc(C(C)C)c1N1B(c2cccc(Oc3ccc4c5ccccc5n(-c5cc(C(C)(C)C)ccn5)c4n3)c2)Nc2ccccc21. The summed E-state index contributed by atoms with van der Waals surface area (Å²) >= 11 is 0. The van der Waals surface area contributed by atoms with Gasteiger partial charge < -0.3 is 14.8 Å². The van der Waals surface area contributed by atoms with Crippen molar-refractivity contribution in [2.45, 2.75) is 65.7 Å². The number of aromatic nitrogens is 3. The number of ether oxygens (including phenoxy) is 1. The predicted octanol–water partition coefficient (Wildman–Crippen LogP) is 10.9. The fourth-order valence-corrected chi connectivity index (χ4v) is 7.42. The molecule has 8 rings (SSSR count). The highest BCUT2D eigenvalue weighted by Gasteiger charge is 2.38. The van der Waals surface area contributed by atoms with Crippen LogP contribution in [0.2, 0.25) is 0 Å². The molecule has 0 spiro atoms. The Morgan fingerprint density at radius 2 is 1.45 bits per heavy atom. The van der Waals surface area contributed by atoms with Gasteiger partial charge in [-0.2, -0.15) is 4.98 Å². The number of hydrogen-bond acceptors (Lipinski definition) is 5. The van der Waals surface area contributed by atoms with Gasteiger partial charge in [-0.1, -0.05) is 109 Å². The van der Waals surface area contributed by atoms with Crippen LogP contribution in [0, 0.1) is 0 Å². The Labute approximate surface area is 301 Å². The summed E-state index contributed by atoms with van der Waals surface area (Å²) in [4.78, 5) is 12.4. The standard InChI is InChI=1S/C44H44BN5O/c1-28(2)33-17-13-18-34(29(3)4)42(33)50-39-21-11-9-19-37(39)48-45(50)31-14-12-15-32(27-31)51-41-23-22-36-35-16-8-10-20-38(35)49(43(36)47-41)40-26-30(24-25-46-40)44(5,6)7/h8-29,48H,1-7H3. The molecular weight excluding hydrogens is 625 g/mol. The van der Waals surface area contributed by atoms with E-state index in [-0.39, 0.29) is 12.4 Å². The van der Waals surface area contributed by atoms with E-state index in [9.17, 15) is 0 Å². The van der Waals surface area contributed by atoms with Crippen molar-refractivity contribution >= 4 is 51.4 Å². The van der Waals surface area contributed by atoms with Gasteiger partial charge in [0.1, 0.15) is 11.6 Å². The Kier molecular flexibility index (Phi) is 8.09. The van der Waals surface area contributed by atoms with Crippen molar-refractivity contribution < 1.29 is 4.74 Å². The molecule has 4 aromatic carbocycles. The van der Waals surface area contributed by atoms with E-state index in [0.717, 1.165) is 44.7 Å². The van der Waals surface area contributed by atoms with E-state index in [1.54, 1.807) is 0 Å². The average molecular weight is 670 g/mol. The van der Waals surface area contributed by atoms with E-state index in [1.165, 1.54) is 28.1 Å². The molecule has 7 heteroatoms. The zero-order chi connectivity index (χ0) is 35.4. The molecule has 0 bridgehead atoms. The first-order valence-corrected chi connectivity index (χ1v) is 18.0. The molecule has 7 aromatic rings. The second-order valence-electron chi connectivity index (χ2n) is 15.2. The van der Waals surface area contributed by atoms with Crippen LogP contribution in [-0.4, -0.2) is 21.5 Å². The van der Waals surface area contributed by atoms with Crippen molar-refractivity contribution in [1.82, 2.24) is 14.5 Å². The number of hydrogen-bond donors (Lipinski definition) is 1. The lowest BCUT2D eigenvalue weighted by molar-refractivity contribution is 0.465. The van der Waals surface area contributed by atoms with Gasteiger partial charge in [0.25, 0.3) is 0 Å². The Morgan fingerprint density at radius 3 is 2.22 bits per heavy atom. The summed E-state index contributed by atoms with van der Waals surface area (Å²) in [7, 11) is 0. The maximum Gasteiger partial charge on any atom is 0.413 e. The Hall–Kier alpha value is -5.56. The van der Waals surface area contributed by atoms with Crippen LogP contribution < -0.4 is 20.2 Å². The van der Waals surface area contributed by atoms with Gasteiger partial charge in [0.15, 0.2) is 5.65 Å². The molecule has 0 saturated carbocycles. The second kappa shape index (κ2) is 12.6. The maximum atomic E-state index is 6.60. The number of pyridine rings is 2. The Morgan fingerprint density at radius 1 is 0.725 bits per heavy atom. The van der Waals surface area contributed by atoms with Gasteiger partial charge in [-0.15, -0.1) is 0 Å². The lowest BCUT2D eigenvalue weighted by Crippen LogP contribution is -2.48. The topological polar surface area (TPSA) is 55.2 Å². The summed E-state index contributed by atoms with van der Waals surface area (Å²) in [5.41, 5.74) is 10.4. The summed E-state index contributed by atoms with van der Waals surface area (Å²) in [6.07, 6.45) is 1.89.